The molecule has 3 heterocycles. The predicted octanol–water partition coefficient (Wildman–Crippen LogP) is 2.21. The molecular weight excluding hydrogens is 462 g/mol. The smallest absolute Gasteiger partial charge is 0.338 e. The molecule has 10 nitrogen and oxygen atoms in total. The van der Waals surface area contributed by atoms with Crippen LogP contribution in [0.2, 0.25) is 0 Å². The summed E-state index contributed by atoms with van der Waals surface area (Å²) in [6, 6.07) is 9.81. The Bertz CT molecular complexity index is 1330. The molecule has 34 heavy (non-hydrogen) atoms. The van der Waals surface area contributed by atoms with Gasteiger partial charge in [-0.2, -0.15) is 4.31 Å². The van der Waals surface area contributed by atoms with Gasteiger partial charge in [0.15, 0.2) is 11.5 Å². The standard InChI is InChI=1S/C23H25N3O7S/c1-2-26-19-5-4-17(34(28,29)25-7-9-30-10-8-25)14-18(19)24-22(26)15-33-23(27)16-3-6-20-21(13-16)32-12-11-31-20/h3-6,13-14H,2,7-12,15H2,1H3. The van der Waals surface area contributed by atoms with E-state index in [1.54, 1.807) is 36.4 Å². The Labute approximate surface area is 197 Å². The number of sulfonamides is 1. The van der Waals surface area contributed by atoms with Crippen LogP contribution in [0.3, 0.4) is 0 Å². The molecule has 0 bridgehead atoms. The van der Waals surface area contributed by atoms with Gasteiger partial charge in [0, 0.05) is 19.6 Å². The molecule has 1 saturated heterocycles. The fourth-order valence-electron chi connectivity index (χ4n) is 4.10. The van der Waals surface area contributed by atoms with Crippen molar-refractivity contribution in [2.45, 2.75) is 25.0 Å². The second-order valence-corrected chi connectivity index (χ2v) is 9.81. The minimum Gasteiger partial charge on any atom is -0.486 e. The zero-order valence-corrected chi connectivity index (χ0v) is 19.5. The highest BCUT2D eigenvalue weighted by molar-refractivity contribution is 7.89. The number of benzene rings is 2. The first-order valence-corrected chi connectivity index (χ1v) is 12.5. The van der Waals surface area contributed by atoms with E-state index in [4.69, 9.17) is 18.9 Å². The number of aryl methyl sites for hydroxylation is 1. The van der Waals surface area contributed by atoms with Gasteiger partial charge in [0.2, 0.25) is 10.0 Å². The van der Waals surface area contributed by atoms with Crippen LogP contribution in [-0.2, 0) is 32.6 Å². The second-order valence-electron chi connectivity index (χ2n) is 7.87. The number of fused-ring (bicyclic) bond motifs is 2. The van der Waals surface area contributed by atoms with Crippen molar-refractivity contribution in [3.8, 4) is 11.5 Å². The lowest BCUT2D eigenvalue weighted by Crippen LogP contribution is -2.40. The van der Waals surface area contributed by atoms with Crippen LogP contribution in [0.1, 0.15) is 23.1 Å². The lowest BCUT2D eigenvalue weighted by molar-refractivity contribution is 0.0457. The Morgan fingerprint density at radius 3 is 2.56 bits per heavy atom. The van der Waals surface area contributed by atoms with Crippen molar-refractivity contribution in [1.82, 2.24) is 13.9 Å². The first kappa shape index (κ1) is 22.6. The average Bonchev–Trinajstić information content (AvgIpc) is 3.24. The maximum atomic E-state index is 13.0. The quantitative estimate of drug-likeness (QED) is 0.487. The second kappa shape index (κ2) is 9.24. The van der Waals surface area contributed by atoms with Gasteiger partial charge < -0.3 is 23.5 Å². The fourth-order valence-corrected chi connectivity index (χ4v) is 5.53. The van der Waals surface area contributed by atoms with Gasteiger partial charge in [-0.15, -0.1) is 0 Å². The monoisotopic (exact) mass is 487 g/mol. The van der Waals surface area contributed by atoms with Gasteiger partial charge in [-0.3, -0.25) is 0 Å². The van der Waals surface area contributed by atoms with Crippen LogP contribution < -0.4 is 9.47 Å². The van der Waals surface area contributed by atoms with Crippen molar-refractivity contribution in [2.75, 3.05) is 39.5 Å². The van der Waals surface area contributed by atoms with E-state index in [1.807, 2.05) is 11.5 Å². The minimum atomic E-state index is -3.64. The van der Waals surface area contributed by atoms with Crippen LogP contribution in [0.4, 0.5) is 0 Å². The molecule has 2 aliphatic rings. The first-order chi connectivity index (χ1) is 16.5. The topological polar surface area (TPSA) is 109 Å². The van der Waals surface area contributed by atoms with Crippen molar-refractivity contribution < 1.29 is 32.2 Å². The van der Waals surface area contributed by atoms with Crippen molar-refractivity contribution >= 4 is 27.0 Å². The number of carbonyl (C=O) groups is 1. The van der Waals surface area contributed by atoms with Crippen molar-refractivity contribution in [3.63, 3.8) is 0 Å². The van der Waals surface area contributed by atoms with E-state index in [-0.39, 0.29) is 11.5 Å². The third-order valence-electron chi connectivity index (χ3n) is 5.83. The van der Waals surface area contributed by atoms with Crippen molar-refractivity contribution in [2.24, 2.45) is 0 Å². The van der Waals surface area contributed by atoms with Gasteiger partial charge in [0.25, 0.3) is 0 Å². The molecule has 0 N–H and O–H groups in total. The Morgan fingerprint density at radius 1 is 1.03 bits per heavy atom. The number of aromatic nitrogens is 2. The number of hydrogen-bond donors (Lipinski definition) is 0. The summed E-state index contributed by atoms with van der Waals surface area (Å²) in [5, 5.41) is 0. The molecular formula is C23H25N3O7S. The highest BCUT2D eigenvalue weighted by atomic mass is 32.2. The van der Waals surface area contributed by atoms with E-state index in [0.717, 1.165) is 5.52 Å². The molecule has 5 rings (SSSR count). The molecule has 0 saturated carbocycles. The van der Waals surface area contributed by atoms with E-state index in [9.17, 15) is 13.2 Å². The van der Waals surface area contributed by atoms with E-state index >= 15 is 0 Å². The van der Waals surface area contributed by atoms with Crippen LogP contribution in [-0.4, -0.2) is 67.8 Å². The number of rotatable bonds is 6. The Kier molecular flexibility index (Phi) is 6.15. The zero-order valence-electron chi connectivity index (χ0n) is 18.7. The third-order valence-corrected chi connectivity index (χ3v) is 7.73. The maximum Gasteiger partial charge on any atom is 0.338 e. The molecule has 0 amide bonds. The lowest BCUT2D eigenvalue weighted by atomic mass is 10.2. The summed E-state index contributed by atoms with van der Waals surface area (Å²) in [6.45, 7) is 4.79. The average molecular weight is 488 g/mol. The number of nitrogens with zero attached hydrogens (tertiary/aromatic N) is 3. The number of esters is 1. The van der Waals surface area contributed by atoms with Gasteiger partial charge in [-0.25, -0.2) is 18.2 Å². The number of ether oxygens (including phenoxy) is 4. The summed E-state index contributed by atoms with van der Waals surface area (Å²) in [6.07, 6.45) is 0. The lowest BCUT2D eigenvalue weighted by Gasteiger charge is -2.26. The van der Waals surface area contributed by atoms with Gasteiger partial charge in [-0.05, 0) is 43.3 Å². The van der Waals surface area contributed by atoms with Crippen molar-refractivity contribution in [3.05, 3.63) is 47.8 Å². The number of hydrogen-bond acceptors (Lipinski definition) is 8. The summed E-state index contributed by atoms with van der Waals surface area (Å²) < 4.78 is 51.1. The fraction of sp³-hybridized carbons (Fsp3) is 0.391. The molecule has 0 unspecified atom stereocenters. The van der Waals surface area contributed by atoms with Gasteiger partial charge in [0.05, 0.1) is 34.7 Å². The Balaban J connectivity index is 1.36. The Hall–Kier alpha value is -3.15. The summed E-state index contributed by atoms with van der Waals surface area (Å²) in [5.74, 6) is 1.13. The minimum absolute atomic E-state index is 0.0542. The SMILES string of the molecule is CCn1c(COC(=O)c2ccc3c(c2)OCCO3)nc2cc(S(=O)(=O)N3CCOCC3)ccc21. The molecule has 2 aliphatic heterocycles. The van der Waals surface area contributed by atoms with Gasteiger partial charge in [-0.1, -0.05) is 0 Å². The molecule has 0 spiro atoms. The van der Waals surface area contributed by atoms with Crippen LogP contribution in [0.5, 0.6) is 11.5 Å². The Morgan fingerprint density at radius 2 is 1.79 bits per heavy atom. The summed E-state index contributed by atoms with van der Waals surface area (Å²) in [5.41, 5.74) is 1.65. The molecule has 1 fully saturated rings. The number of morpholine rings is 1. The molecule has 3 aromatic rings. The molecule has 180 valence electrons. The van der Waals surface area contributed by atoms with E-state index in [2.05, 4.69) is 4.98 Å². The first-order valence-electron chi connectivity index (χ1n) is 11.1. The van der Waals surface area contributed by atoms with Crippen LogP contribution in [0.25, 0.3) is 11.0 Å². The van der Waals surface area contributed by atoms with Crippen LogP contribution in [0, 0.1) is 0 Å². The van der Waals surface area contributed by atoms with Crippen molar-refractivity contribution in [1.29, 1.82) is 0 Å². The van der Waals surface area contributed by atoms with Gasteiger partial charge >= 0.3 is 5.97 Å². The maximum absolute atomic E-state index is 13.0. The van der Waals surface area contributed by atoms with Crippen LogP contribution >= 0.6 is 0 Å². The molecule has 0 atom stereocenters. The largest absolute Gasteiger partial charge is 0.486 e. The van der Waals surface area contributed by atoms with E-state index in [1.165, 1.54) is 4.31 Å². The molecule has 0 aliphatic carbocycles. The summed E-state index contributed by atoms with van der Waals surface area (Å²) in [4.78, 5) is 17.4. The molecule has 11 heteroatoms. The third kappa shape index (κ3) is 4.22. The number of carbonyl (C=O) groups excluding carboxylic acids is 1. The molecule has 0 radical (unpaired) electrons. The highest BCUT2D eigenvalue weighted by Crippen LogP contribution is 2.31. The van der Waals surface area contributed by atoms with Gasteiger partial charge in [0.1, 0.15) is 25.6 Å². The predicted molar refractivity (Wildman–Crippen MR) is 122 cm³/mol. The highest BCUT2D eigenvalue weighted by Gasteiger charge is 2.27. The summed E-state index contributed by atoms with van der Waals surface area (Å²) in [7, 11) is -3.64. The summed E-state index contributed by atoms with van der Waals surface area (Å²) >= 11 is 0. The number of imidazole rings is 1. The normalized spacial score (nSPS) is 16.5. The zero-order chi connectivity index (χ0) is 23.7. The van der Waals surface area contributed by atoms with Crippen LogP contribution in [0.15, 0.2) is 41.3 Å². The van der Waals surface area contributed by atoms with E-state index in [0.29, 0.717) is 74.5 Å². The molecule has 2 aromatic carbocycles. The molecule has 1 aromatic heterocycles. The van der Waals surface area contributed by atoms with E-state index < -0.39 is 16.0 Å².